The smallest absolute Gasteiger partial charge is 0.150 e. The molecule has 0 fully saturated rings. The van der Waals surface area contributed by atoms with Gasteiger partial charge in [0.05, 0.1) is 34.6 Å². The van der Waals surface area contributed by atoms with E-state index < -0.39 is 0 Å². The zero-order valence-corrected chi connectivity index (χ0v) is 23.3. The van der Waals surface area contributed by atoms with Crippen molar-refractivity contribution in [2.45, 2.75) is 0 Å². The zero-order valence-electron chi connectivity index (χ0n) is 23.3. The number of fused-ring (bicyclic) bond motifs is 3. The van der Waals surface area contributed by atoms with Gasteiger partial charge in [-0.25, -0.2) is 0 Å². The van der Waals surface area contributed by atoms with E-state index in [0.717, 1.165) is 72.5 Å². The molecule has 2 N–H and O–H groups in total. The summed E-state index contributed by atoms with van der Waals surface area (Å²) in [6.07, 6.45) is 3.80. The number of benzene rings is 5. The average molecular weight is 554 g/mol. The average Bonchev–Trinajstić information content (AvgIpc) is 3.74. The number of rotatable bonds is 5. The zero-order chi connectivity index (χ0) is 28.8. The van der Waals surface area contributed by atoms with E-state index in [4.69, 9.17) is 4.42 Å². The summed E-state index contributed by atoms with van der Waals surface area (Å²) in [6, 6.07) is 47.7. The molecule has 0 atom stereocenters. The molecule has 0 radical (unpaired) electrons. The third-order valence-corrected chi connectivity index (χ3v) is 8.12. The van der Waals surface area contributed by atoms with Crippen molar-refractivity contribution in [3.05, 3.63) is 174 Å². The van der Waals surface area contributed by atoms with Gasteiger partial charge in [-0.2, -0.15) is 0 Å². The van der Waals surface area contributed by atoms with Gasteiger partial charge in [0.1, 0.15) is 5.76 Å². The Bertz CT molecular complexity index is 2210. The van der Waals surface area contributed by atoms with E-state index in [0.29, 0.717) is 5.71 Å². The van der Waals surface area contributed by atoms with Crippen LogP contribution in [0.3, 0.4) is 0 Å². The second-order valence-corrected chi connectivity index (χ2v) is 10.7. The van der Waals surface area contributed by atoms with Gasteiger partial charge < -0.3 is 14.3 Å². The van der Waals surface area contributed by atoms with Crippen molar-refractivity contribution < 1.29 is 4.42 Å². The van der Waals surface area contributed by atoms with E-state index >= 15 is 0 Å². The monoisotopic (exact) mass is 553 g/mol. The van der Waals surface area contributed by atoms with E-state index in [1.807, 2.05) is 36.4 Å². The molecule has 7 aromatic rings. The Kier molecular flexibility index (Phi) is 5.90. The number of hydrogen-bond donors (Lipinski definition) is 2. The van der Waals surface area contributed by atoms with Crippen molar-refractivity contribution >= 4 is 50.4 Å². The molecule has 0 aliphatic carbocycles. The van der Waals surface area contributed by atoms with Crippen molar-refractivity contribution in [2.24, 2.45) is 0 Å². The normalized spacial score (nSPS) is 13.8. The summed E-state index contributed by atoms with van der Waals surface area (Å²) in [5.74, 6) is 0.745. The Hall–Kier alpha value is -5.87. The lowest BCUT2D eigenvalue weighted by molar-refractivity contribution is 0.550. The van der Waals surface area contributed by atoms with Crippen LogP contribution in [0.1, 0.15) is 28.1 Å². The molecular formula is C39H27N3O. The lowest BCUT2D eigenvalue weighted by Crippen LogP contribution is -2.21. The summed E-state index contributed by atoms with van der Waals surface area (Å²) in [7, 11) is 0. The molecule has 4 heteroatoms. The lowest BCUT2D eigenvalue weighted by atomic mass is 9.87. The fourth-order valence-corrected chi connectivity index (χ4v) is 6.17. The SMILES string of the molecule is N=C(/C(=C1\NC(c2ccco2)=Cc2ccccc21)c1cccc2ccccc12)c1cc2ccccc2n1-c1ccccc1. The van der Waals surface area contributed by atoms with Gasteiger partial charge in [-0.05, 0) is 64.4 Å². The van der Waals surface area contributed by atoms with Crippen molar-refractivity contribution in [2.75, 3.05) is 0 Å². The number of hydrogen-bond acceptors (Lipinski definition) is 3. The Balaban J connectivity index is 1.46. The number of para-hydroxylation sites is 2. The van der Waals surface area contributed by atoms with Crippen LogP contribution in [0.2, 0.25) is 0 Å². The summed E-state index contributed by atoms with van der Waals surface area (Å²) >= 11 is 0. The predicted octanol–water partition coefficient (Wildman–Crippen LogP) is 9.41. The first-order chi connectivity index (χ1) is 21.3. The summed E-state index contributed by atoms with van der Waals surface area (Å²) in [5.41, 5.74) is 8.95. The topological polar surface area (TPSA) is 54.0 Å². The fraction of sp³-hybridized carbons (Fsp3) is 0. The van der Waals surface area contributed by atoms with Gasteiger partial charge in [-0.3, -0.25) is 5.41 Å². The number of nitrogens with one attached hydrogen (secondary N) is 2. The molecule has 5 aromatic carbocycles. The van der Waals surface area contributed by atoms with Gasteiger partial charge in [0.25, 0.3) is 0 Å². The molecule has 1 aliphatic heterocycles. The summed E-state index contributed by atoms with van der Waals surface area (Å²) in [4.78, 5) is 0. The number of nitrogens with zero attached hydrogens (tertiary/aromatic N) is 1. The Morgan fingerprint density at radius 1 is 0.674 bits per heavy atom. The lowest BCUT2D eigenvalue weighted by Gasteiger charge is -2.26. The summed E-state index contributed by atoms with van der Waals surface area (Å²) in [5, 5.41) is 17.1. The molecule has 204 valence electrons. The van der Waals surface area contributed by atoms with Gasteiger partial charge in [-0.1, -0.05) is 103 Å². The molecule has 0 unspecified atom stereocenters. The Labute approximate surface area is 249 Å². The van der Waals surface area contributed by atoms with E-state index in [9.17, 15) is 5.41 Å². The molecule has 43 heavy (non-hydrogen) atoms. The first kappa shape index (κ1) is 24.9. The Morgan fingerprint density at radius 3 is 2.28 bits per heavy atom. The van der Waals surface area contributed by atoms with Gasteiger partial charge in [0.2, 0.25) is 0 Å². The van der Waals surface area contributed by atoms with Crippen molar-refractivity contribution in [1.29, 1.82) is 5.41 Å². The second kappa shape index (κ2) is 10.2. The molecule has 1 aliphatic rings. The van der Waals surface area contributed by atoms with Crippen LogP contribution in [0.5, 0.6) is 0 Å². The van der Waals surface area contributed by atoms with Crippen LogP contribution in [0.4, 0.5) is 0 Å². The number of furan rings is 1. The molecular weight excluding hydrogens is 526 g/mol. The van der Waals surface area contributed by atoms with Crippen molar-refractivity contribution in [1.82, 2.24) is 9.88 Å². The third kappa shape index (κ3) is 4.20. The van der Waals surface area contributed by atoms with Crippen LogP contribution >= 0.6 is 0 Å². The highest BCUT2D eigenvalue weighted by Crippen LogP contribution is 2.39. The molecule has 0 saturated carbocycles. The first-order valence-corrected chi connectivity index (χ1v) is 14.4. The minimum Gasteiger partial charge on any atom is -0.463 e. The summed E-state index contributed by atoms with van der Waals surface area (Å²) in [6.45, 7) is 0. The predicted molar refractivity (Wildman–Crippen MR) is 177 cm³/mol. The first-order valence-electron chi connectivity index (χ1n) is 14.4. The van der Waals surface area contributed by atoms with Crippen LogP contribution in [-0.2, 0) is 0 Å². The van der Waals surface area contributed by atoms with E-state index in [2.05, 4.69) is 119 Å². The van der Waals surface area contributed by atoms with Gasteiger partial charge in [0, 0.05) is 22.2 Å². The maximum Gasteiger partial charge on any atom is 0.150 e. The van der Waals surface area contributed by atoms with Crippen LogP contribution < -0.4 is 5.32 Å². The molecule has 0 spiro atoms. The number of aromatic nitrogens is 1. The van der Waals surface area contributed by atoms with Crippen LogP contribution in [-0.4, -0.2) is 10.3 Å². The highest BCUT2D eigenvalue weighted by atomic mass is 16.3. The number of allylic oxidation sites excluding steroid dienone is 1. The van der Waals surface area contributed by atoms with E-state index in [-0.39, 0.29) is 0 Å². The molecule has 0 bridgehead atoms. The van der Waals surface area contributed by atoms with Gasteiger partial charge in [-0.15, -0.1) is 0 Å². The van der Waals surface area contributed by atoms with Crippen molar-refractivity contribution in [3.63, 3.8) is 0 Å². The maximum absolute atomic E-state index is 10.1. The second-order valence-electron chi connectivity index (χ2n) is 10.7. The Morgan fingerprint density at radius 2 is 1.42 bits per heavy atom. The highest BCUT2D eigenvalue weighted by molar-refractivity contribution is 6.38. The minimum atomic E-state index is 0.425. The van der Waals surface area contributed by atoms with E-state index in [1.54, 1.807) is 6.26 Å². The quantitative estimate of drug-likeness (QED) is 0.209. The summed E-state index contributed by atoms with van der Waals surface area (Å²) < 4.78 is 8.04. The molecule has 8 rings (SSSR count). The standard InChI is InChI=1S/C39H27N3O/c40-38(35-25-28-14-6-9-21-34(28)42(35)29-16-2-1-3-17-29)37(32-20-10-15-26-12-4-7-18-30(26)32)39-31-19-8-5-13-27(31)24-33(41-39)36-22-11-23-43-36/h1-25,40-41H/b39-37-,40-38?. The van der Waals surface area contributed by atoms with Crippen LogP contribution in [0, 0.1) is 5.41 Å². The molecule has 0 saturated heterocycles. The molecule has 0 amide bonds. The fourth-order valence-electron chi connectivity index (χ4n) is 6.17. The highest BCUT2D eigenvalue weighted by Gasteiger charge is 2.27. The molecule has 2 aromatic heterocycles. The minimum absolute atomic E-state index is 0.425. The largest absolute Gasteiger partial charge is 0.463 e. The molecule has 4 nitrogen and oxygen atoms in total. The van der Waals surface area contributed by atoms with Gasteiger partial charge in [0.15, 0.2) is 0 Å². The van der Waals surface area contributed by atoms with Crippen LogP contribution in [0.15, 0.2) is 150 Å². The maximum atomic E-state index is 10.1. The van der Waals surface area contributed by atoms with Gasteiger partial charge >= 0.3 is 0 Å². The third-order valence-electron chi connectivity index (χ3n) is 8.12. The van der Waals surface area contributed by atoms with Crippen LogP contribution in [0.25, 0.3) is 50.4 Å². The molecule has 3 heterocycles. The van der Waals surface area contributed by atoms with Crippen molar-refractivity contribution in [3.8, 4) is 5.69 Å². The van der Waals surface area contributed by atoms with E-state index in [1.165, 1.54) is 0 Å².